The molecule has 59 heavy (non-hydrogen) atoms. The summed E-state index contributed by atoms with van der Waals surface area (Å²) in [5.41, 5.74) is 0. The van der Waals surface area contributed by atoms with Gasteiger partial charge < -0.3 is 28.0 Å². The third-order valence-corrected chi connectivity index (χ3v) is 15.3. The van der Waals surface area contributed by atoms with Gasteiger partial charge in [0.2, 0.25) is 11.8 Å². The van der Waals surface area contributed by atoms with E-state index in [0.717, 1.165) is 68.8 Å². The first-order valence-electron chi connectivity index (χ1n) is 26.0. The molecule has 0 aliphatic rings. The van der Waals surface area contributed by atoms with E-state index in [1.54, 1.807) is 0 Å². The molecular formula is C50H104N3O5Si+. The molecule has 352 valence electrons. The molecule has 0 unspecified atom stereocenters. The number of hydrogen-bond donors (Lipinski definition) is 1. The highest BCUT2D eigenvalue weighted by Gasteiger charge is 2.40. The zero-order valence-corrected chi connectivity index (χ0v) is 41.9. The third-order valence-electron chi connectivity index (χ3n) is 12.1. The molecule has 0 fully saturated rings. The van der Waals surface area contributed by atoms with Crippen LogP contribution in [-0.2, 0) is 22.9 Å². The molecule has 0 atom stereocenters. The maximum Gasteiger partial charge on any atom is 0.501 e. The second-order valence-corrected chi connectivity index (χ2v) is 21.0. The van der Waals surface area contributed by atoms with E-state index in [-0.39, 0.29) is 18.4 Å². The van der Waals surface area contributed by atoms with Crippen LogP contribution in [0.2, 0.25) is 6.04 Å². The molecule has 0 spiro atoms. The molecule has 8 nitrogen and oxygen atoms in total. The molecule has 0 heterocycles. The van der Waals surface area contributed by atoms with Gasteiger partial charge in [-0.15, -0.1) is 0 Å². The minimum Gasteiger partial charge on any atom is -0.374 e. The maximum absolute atomic E-state index is 13.4. The number of rotatable bonds is 47. The van der Waals surface area contributed by atoms with Gasteiger partial charge in [0.05, 0.1) is 33.7 Å². The molecule has 2 amide bonds. The van der Waals surface area contributed by atoms with E-state index in [2.05, 4.69) is 38.2 Å². The Morgan fingerprint density at radius 1 is 0.458 bits per heavy atom. The lowest BCUT2D eigenvalue weighted by molar-refractivity contribution is -0.890. The fourth-order valence-electron chi connectivity index (χ4n) is 8.39. The largest absolute Gasteiger partial charge is 0.501 e. The van der Waals surface area contributed by atoms with Crippen LogP contribution in [0.4, 0.5) is 0 Å². The minimum atomic E-state index is -2.62. The van der Waals surface area contributed by atoms with E-state index in [9.17, 15) is 9.59 Å². The Hall–Kier alpha value is -1.00. The number of unbranched alkanes of at least 4 members (excludes halogenated alkanes) is 27. The molecule has 0 saturated carbocycles. The number of hydrogen-bond acceptors (Lipinski definition) is 5. The quantitative estimate of drug-likeness (QED) is 0.0375. The second kappa shape index (κ2) is 42.3. The van der Waals surface area contributed by atoms with Crippen LogP contribution in [0.1, 0.15) is 240 Å². The highest BCUT2D eigenvalue weighted by atomic mass is 28.4. The van der Waals surface area contributed by atoms with Crippen molar-refractivity contribution in [3.63, 3.8) is 0 Å². The highest BCUT2D eigenvalue weighted by Crippen LogP contribution is 2.20. The van der Waals surface area contributed by atoms with Gasteiger partial charge >= 0.3 is 8.80 Å². The third kappa shape index (κ3) is 37.3. The summed E-state index contributed by atoms with van der Waals surface area (Å²) in [7, 11) is 1.90. The van der Waals surface area contributed by atoms with Gasteiger partial charge in [0.1, 0.15) is 0 Å². The van der Waals surface area contributed by atoms with Crippen LogP contribution in [0, 0.1) is 0 Å². The Balaban J connectivity index is 4.55. The Bertz CT molecular complexity index is 874. The summed E-state index contributed by atoms with van der Waals surface area (Å²) in [6, 6.07) is 0.830. The summed E-state index contributed by atoms with van der Waals surface area (Å²) >= 11 is 0. The van der Waals surface area contributed by atoms with E-state index in [1.165, 1.54) is 167 Å². The number of carbonyl (C=O) groups excluding carboxylic acids is 2. The van der Waals surface area contributed by atoms with Crippen molar-refractivity contribution < 1.29 is 27.4 Å². The van der Waals surface area contributed by atoms with Gasteiger partial charge in [-0.1, -0.05) is 181 Å². The van der Waals surface area contributed by atoms with Gasteiger partial charge in [-0.3, -0.25) is 9.59 Å². The lowest BCUT2D eigenvalue weighted by Gasteiger charge is -2.32. The fourth-order valence-corrected chi connectivity index (χ4v) is 11.0. The maximum atomic E-state index is 13.4. The monoisotopic (exact) mass is 855 g/mol. The average Bonchev–Trinajstić information content (AvgIpc) is 3.21. The summed E-state index contributed by atoms with van der Waals surface area (Å²) in [5, 5.41) is 2.98. The van der Waals surface area contributed by atoms with Crippen molar-refractivity contribution in [1.82, 2.24) is 10.2 Å². The van der Waals surface area contributed by atoms with Crippen LogP contribution < -0.4 is 5.32 Å². The van der Waals surface area contributed by atoms with Gasteiger partial charge in [-0.05, 0) is 46.5 Å². The standard InChI is InChI=1S/C50H103N3O5Si/c1-8-13-15-17-19-21-23-25-27-29-31-33-35-38-43-52(44-39-36-34-32-30-28-26-24-22-20-18-16-14-9-2)50(55)48-51-49(54)42-37-40-45-53(6,7)46-41-47-59(56-10-3,57-11-4)58-12-5/h8-48H2,1-7H3/p+1. The molecule has 0 saturated heterocycles. The minimum absolute atomic E-state index is 0.00230. The van der Waals surface area contributed by atoms with Crippen LogP contribution in [0.3, 0.4) is 0 Å². The predicted molar refractivity (Wildman–Crippen MR) is 256 cm³/mol. The first-order valence-corrected chi connectivity index (χ1v) is 27.9. The summed E-state index contributed by atoms with van der Waals surface area (Å²) in [4.78, 5) is 28.3. The van der Waals surface area contributed by atoms with Crippen LogP contribution in [-0.4, -0.2) is 96.6 Å². The van der Waals surface area contributed by atoms with E-state index in [1.807, 2.05) is 20.8 Å². The zero-order valence-electron chi connectivity index (χ0n) is 40.9. The van der Waals surface area contributed by atoms with Crippen LogP contribution in [0.25, 0.3) is 0 Å². The molecule has 0 aliphatic heterocycles. The smallest absolute Gasteiger partial charge is 0.374 e. The first kappa shape index (κ1) is 58.0. The topological polar surface area (TPSA) is 77.1 Å². The van der Waals surface area contributed by atoms with E-state index in [0.29, 0.717) is 26.2 Å². The first-order chi connectivity index (χ1) is 28.7. The molecule has 9 heteroatoms. The fraction of sp³-hybridized carbons (Fsp3) is 0.960. The molecule has 0 bridgehead atoms. The summed E-state index contributed by atoms with van der Waals surface area (Å²) < 4.78 is 19.0. The molecule has 0 rings (SSSR count). The Morgan fingerprint density at radius 3 is 1.15 bits per heavy atom. The molecule has 0 aromatic rings. The SMILES string of the molecule is CCCCCCCCCCCCCCCCN(CCCCCCCCCCCCCCCC)C(=O)CNC(=O)CCCC[N+](C)(C)CCC[Si](OCC)(OCC)OCC. The number of amides is 2. The van der Waals surface area contributed by atoms with Crippen molar-refractivity contribution in [3.05, 3.63) is 0 Å². The molecule has 0 aromatic carbocycles. The summed E-state index contributed by atoms with van der Waals surface area (Å²) in [6.45, 7) is 16.2. The molecule has 0 aliphatic carbocycles. The van der Waals surface area contributed by atoms with Crippen molar-refractivity contribution in [2.75, 3.05) is 66.6 Å². The van der Waals surface area contributed by atoms with E-state index >= 15 is 0 Å². The van der Waals surface area contributed by atoms with Crippen molar-refractivity contribution in [2.24, 2.45) is 0 Å². The summed E-state index contributed by atoms with van der Waals surface area (Å²) in [6.07, 6.45) is 40.7. The zero-order chi connectivity index (χ0) is 43.6. The number of quaternary nitrogens is 1. The van der Waals surface area contributed by atoms with E-state index in [4.69, 9.17) is 13.3 Å². The van der Waals surface area contributed by atoms with Crippen molar-refractivity contribution in [1.29, 1.82) is 0 Å². The van der Waals surface area contributed by atoms with Gasteiger partial charge in [0.15, 0.2) is 0 Å². The number of nitrogens with zero attached hydrogens (tertiary/aromatic N) is 2. The van der Waals surface area contributed by atoms with Crippen LogP contribution >= 0.6 is 0 Å². The highest BCUT2D eigenvalue weighted by molar-refractivity contribution is 6.60. The normalized spacial score (nSPS) is 12.1. The Kier molecular flexibility index (Phi) is 41.6. The van der Waals surface area contributed by atoms with Crippen molar-refractivity contribution in [2.45, 2.75) is 246 Å². The number of carbonyl (C=O) groups is 2. The Morgan fingerprint density at radius 2 is 0.797 bits per heavy atom. The van der Waals surface area contributed by atoms with Gasteiger partial charge in [-0.25, -0.2) is 0 Å². The lowest BCUT2D eigenvalue weighted by Crippen LogP contribution is -2.48. The van der Waals surface area contributed by atoms with Crippen molar-refractivity contribution in [3.8, 4) is 0 Å². The summed E-state index contributed by atoms with van der Waals surface area (Å²) in [5.74, 6) is 0.0869. The van der Waals surface area contributed by atoms with E-state index < -0.39 is 8.80 Å². The molecule has 0 aromatic heterocycles. The second-order valence-electron chi connectivity index (χ2n) is 18.3. The molecule has 1 N–H and O–H groups in total. The van der Waals surface area contributed by atoms with Gasteiger partial charge in [0, 0.05) is 51.8 Å². The van der Waals surface area contributed by atoms with Gasteiger partial charge in [-0.2, -0.15) is 0 Å². The van der Waals surface area contributed by atoms with Gasteiger partial charge in [0.25, 0.3) is 0 Å². The molecular weight excluding hydrogens is 751 g/mol. The number of nitrogens with one attached hydrogen (secondary N) is 1. The predicted octanol–water partition coefficient (Wildman–Crippen LogP) is 13.6. The molecule has 0 radical (unpaired) electrons. The Labute approximate surface area is 369 Å². The van der Waals surface area contributed by atoms with Crippen LogP contribution in [0.15, 0.2) is 0 Å². The van der Waals surface area contributed by atoms with Crippen molar-refractivity contribution >= 4 is 20.6 Å². The average molecular weight is 855 g/mol. The van der Waals surface area contributed by atoms with Crippen LogP contribution in [0.5, 0.6) is 0 Å². The lowest BCUT2D eigenvalue weighted by atomic mass is 10.0.